The maximum Gasteiger partial charge on any atom is 0.269 e. The fraction of sp³-hybridized carbons (Fsp3) is 0.0833. The molecule has 162 valence electrons. The van der Waals surface area contributed by atoms with Crippen LogP contribution in [-0.4, -0.2) is 19.3 Å². The smallest absolute Gasteiger partial charge is 0.269 e. The predicted molar refractivity (Wildman–Crippen MR) is 128 cm³/mol. The number of para-hydroxylation sites is 1. The van der Waals surface area contributed by atoms with Crippen LogP contribution in [0.3, 0.4) is 0 Å². The second-order valence-corrected chi connectivity index (χ2v) is 10.0. The van der Waals surface area contributed by atoms with Crippen LogP contribution in [0.2, 0.25) is 0 Å². The standard InChI is InChI=1S/C24H21N3O3S2/c1-16-7-11-18(12-8-16)15-20(24-25-21-5-3-4-6-22(21)31-24)23(28)26-27-32(29,30)19-13-9-17(2)10-14-19/h3-15,27H,1-2H3,(H,26,28)/b20-15+. The molecule has 4 aromatic rings. The Balaban J connectivity index is 1.65. The Labute approximate surface area is 190 Å². The molecular formula is C24H21N3O3S2. The Morgan fingerprint density at radius 1 is 0.906 bits per heavy atom. The van der Waals surface area contributed by atoms with E-state index < -0.39 is 15.9 Å². The highest BCUT2D eigenvalue weighted by atomic mass is 32.2. The van der Waals surface area contributed by atoms with Crippen molar-refractivity contribution in [1.82, 2.24) is 15.2 Å². The first-order valence-electron chi connectivity index (χ1n) is 9.85. The minimum Gasteiger partial charge on any atom is -0.273 e. The van der Waals surface area contributed by atoms with Gasteiger partial charge in [-0.3, -0.25) is 10.2 Å². The van der Waals surface area contributed by atoms with Gasteiger partial charge in [0.15, 0.2) is 0 Å². The number of fused-ring (bicyclic) bond motifs is 1. The zero-order valence-electron chi connectivity index (χ0n) is 17.5. The van der Waals surface area contributed by atoms with Crippen LogP contribution in [0, 0.1) is 13.8 Å². The van der Waals surface area contributed by atoms with Gasteiger partial charge >= 0.3 is 0 Å². The molecule has 3 aromatic carbocycles. The summed E-state index contributed by atoms with van der Waals surface area (Å²) in [6, 6.07) is 21.6. The fourth-order valence-electron chi connectivity index (χ4n) is 3.00. The number of benzene rings is 3. The summed E-state index contributed by atoms with van der Waals surface area (Å²) in [5, 5.41) is 0.499. The highest BCUT2D eigenvalue weighted by Gasteiger charge is 2.20. The minimum absolute atomic E-state index is 0.0625. The summed E-state index contributed by atoms with van der Waals surface area (Å²) in [7, 11) is -3.92. The van der Waals surface area contributed by atoms with Gasteiger partial charge in [-0.2, -0.15) is 0 Å². The van der Waals surface area contributed by atoms with Crippen molar-refractivity contribution in [3.05, 3.63) is 94.5 Å². The van der Waals surface area contributed by atoms with E-state index in [1.54, 1.807) is 18.2 Å². The molecule has 1 aromatic heterocycles. The molecule has 2 N–H and O–H groups in total. The van der Waals surface area contributed by atoms with Crippen molar-refractivity contribution < 1.29 is 13.2 Å². The number of carbonyl (C=O) groups excluding carboxylic acids is 1. The van der Waals surface area contributed by atoms with Gasteiger partial charge < -0.3 is 0 Å². The maximum atomic E-state index is 13.1. The molecule has 0 atom stereocenters. The monoisotopic (exact) mass is 463 g/mol. The lowest BCUT2D eigenvalue weighted by atomic mass is 10.1. The number of aromatic nitrogens is 1. The molecule has 0 aliphatic heterocycles. The van der Waals surface area contributed by atoms with Gasteiger partial charge in [0.1, 0.15) is 5.01 Å². The zero-order valence-corrected chi connectivity index (χ0v) is 19.1. The molecule has 1 amide bonds. The fourth-order valence-corrected chi connectivity index (χ4v) is 4.82. The predicted octanol–water partition coefficient (Wildman–Crippen LogP) is 4.46. The quantitative estimate of drug-likeness (QED) is 0.326. The van der Waals surface area contributed by atoms with E-state index in [0.29, 0.717) is 5.01 Å². The average molecular weight is 464 g/mol. The first-order valence-corrected chi connectivity index (χ1v) is 12.1. The number of aryl methyl sites for hydroxylation is 2. The van der Waals surface area contributed by atoms with Crippen LogP contribution in [-0.2, 0) is 14.8 Å². The molecule has 32 heavy (non-hydrogen) atoms. The summed E-state index contributed by atoms with van der Waals surface area (Å²) in [5.41, 5.74) is 6.21. The lowest BCUT2D eigenvalue weighted by molar-refractivity contribution is -0.116. The van der Waals surface area contributed by atoms with Crippen molar-refractivity contribution in [2.45, 2.75) is 18.7 Å². The largest absolute Gasteiger partial charge is 0.273 e. The number of sulfonamides is 1. The van der Waals surface area contributed by atoms with Crippen molar-refractivity contribution >= 4 is 49.1 Å². The highest BCUT2D eigenvalue weighted by molar-refractivity contribution is 7.89. The lowest BCUT2D eigenvalue weighted by Gasteiger charge is -2.10. The summed E-state index contributed by atoms with van der Waals surface area (Å²) in [4.78, 5) is 19.9. The average Bonchev–Trinajstić information content (AvgIpc) is 3.21. The van der Waals surface area contributed by atoms with E-state index in [0.717, 1.165) is 26.9 Å². The molecule has 6 nitrogen and oxygen atoms in total. The molecular weight excluding hydrogens is 442 g/mol. The highest BCUT2D eigenvalue weighted by Crippen LogP contribution is 2.28. The Bertz CT molecular complexity index is 1370. The lowest BCUT2D eigenvalue weighted by Crippen LogP contribution is -2.41. The van der Waals surface area contributed by atoms with Gasteiger partial charge in [-0.25, -0.2) is 13.4 Å². The van der Waals surface area contributed by atoms with Gasteiger partial charge in [-0.05, 0) is 49.8 Å². The van der Waals surface area contributed by atoms with E-state index in [-0.39, 0.29) is 10.5 Å². The number of hydrazine groups is 1. The summed E-state index contributed by atoms with van der Waals surface area (Å²) in [6.07, 6.45) is 1.70. The summed E-state index contributed by atoms with van der Waals surface area (Å²) in [6.45, 7) is 3.85. The summed E-state index contributed by atoms with van der Waals surface area (Å²) in [5.74, 6) is -0.597. The van der Waals surface area contributed by atoms with Crippen LogP contribution in [0.1, 0.15) is 21.7 Å². The number of nitrogens with zero attached hydrogens (tertiary/aromatic N) is 1. The molecule has 0 saturated heterocycles. The molecule has 0 radical (unpaired) electrons. The van der Waals surface area contributed by atoms with Gasteiger partial charge in [-0.15, -0.1) is 16.2 Å². The maximum absolute atomic E-state index is 13.1. The molecule has 0 fully saturated rings. The normalized spacial score (nSPS) is 12.1. The van der Waals surface area contributed by atoms with Crippen molar-refractivity contribution in [1.29, 1.82) is 0 Å². The summed E-state index contributed by atoms with van der Waals surface area (Å²) >= 11 is 1.37. The van der Waals surface area contributed by atoms with E-state index in [2.05, 4.69) is 15.2 Å². The number of hydrogen-bond acceptors (Lipinski definition) is 5. The zero-order chi connectivity index (χ0) is 22.7. The Kier molecular flexibility index (Phi) is 6.18. The number of carbonyl (C=O) groups is 1. The molecule has 0 aliphatic carbocycles. The van der Waals surface area contributed by atoms with Crippen LogP contribution in [0.5, 0.6) is 0 Å². The summed E-state index contributed by atoms with van der Waals surface area (Å²) < 4.78 is 26.1. The van der Waals surface area contributed by atoms with Crippen molar-refractivity contribution in [2.75, 3.05) is 0 Å². The Hall–Kier alpha value is -3.33. The van der Waals surface area contributed by atoms with Crippen LogP contribution in [0.15, 0.2) is 77.7 Å². The second kappa shape index (κ2) is 9.04. The Morgan fingerprint density at radius 2 is 1.53 bits per heavy atom. The molecule has 4 rings (SSSR count). The van der Waals surface area contributed by atoms with Crippen molar-refractivity contribution in [2.24, 2.45) is 0 Å². The van der Waals surface area contributed by atoms with Gasteiger partial charge in [-0.1, -0.05) is 59.7 Å². The number of thiazole rings is 1. The molecule has 0 unspecified atom stereocenters. The second-order valence-electron chi connectivity index (χ2n) is 7.33. The van der Waals surface area contributed by atoms with E-state index in [1.165, 1.54) is 23.5 Å². The van der Waals surface area contributed by atoms with Crippen LogP contribution in [0.25, 0.3) is 21.9 Å². The topological polar surface area (TPSA) is 88.2 Å². The first kappa shape index (κ1) is 21.9. The van der Waals surface area contributed by atoms with Crippen LogP contribution >= 0.6 is 11.3 Å². The van der Waals surface area contributed by atoms with Crippen molar-refractivity contribution in [3.8, 4) is 0 Å². The van der Waals surface area contributed by atoms with Gasteiger partial charge in [0.2, 0.25) is 0 Å². The molecule has 1 heterocycles. The van der Waals surface area contributed by atoms with E-state index in [9.17, 15) is 13.2 Å². The molecule has 8 heteroatoms. The van der Waals surface area contributed by atoms with E-state index in [4.69, 9.17) is 0 Å². The van der Waals surface area contributed by atoms with Gasteiger partial charge in [0, 0.05) is 0 Å². The van der Waals surface area contributed by atoms with E-state index in [1.807, 2.05) is 62.4 Å². The van der Waals surface area contributed by atoms with Crippen LogP contribution < -0.4 is 10.3 Å². The van der Waals surface area contributed by atoms with Crippen LogP contribution in [0.4, 0.5) is 0 Å². The minimum atomic E-state index is -3.92. The van der Waals surface area contributed by atoms with Crippen molar-refractivity contribution in [3.63, 3.8) is 0 Å². The third-order valence-corrected chi connectivity index (χ3v) is 7.12. The number of nitrogens with one attached hydrogen (secondary N) is 2. The molecule has 0 bridgehead atoms. The Morgan fingerprint density at radius 3 is 2.19 bits per heavy atom. The van der Waals surface area contributed by atoms with E-state index >= 15 is 0 Å². The first-order chi connectivity index (χ1) is 15.3. The third kappa shape index (κ3) is 4.94. The number of rotatable bonds is 6. The number of amides is 1. The number of hydrogen-bond donors (Lipinski definition) is 2. The molecule has 0 spiro atoms. The SMILES string of the molecule is Cc1ccc(/C=C(\C(=O)NNS(=O)(=O)c2ccc(C)cc2)c2nc3ccccc3s2)cc1. The molecule has 0 saturated carbocycles. The van der Waals surface area contributed by atoms with Gasteiger partial charge in [0.25, 0.3) is 15.9 Å². The van der Waals surface area contributed by atoms with Gasteiger partial charge in [0.05, 0.1) is 20.7 Å². The third-order valence-electron chi connectivity index (χ3n) is 4.79. The molecule has 0 aliphatic rings.